The lowest BCUT2D eigenvalue weighted by Gasteiger charge is -2.23. The van der Waals surface area contributed by atoms with E-state index in [1.54, 1.807) is 12.1 Å². The average molecular weight is 314 g/mol. The third kappa shape index (κ3) is 3.63. The fourth-order valence-electron chi connectivity index (χ4n) is 1.87. The topological polar surface area (TPSA) is 35.2 Å². The van der Waals surface area contributed by atoms with E-state index in [4.69, 9.17) is 33.7 Å². The molecule has 0 fully saturated rings. The molecule has 2 aromatic carbocycles. The summed E-state index contributed by atoms with van der Waals surface area (Å²) in [5.41, 5.74) is 6.80. The Bertz CT molecular complexity index is 604. The molecule has 0 amide bonds. The summed E-state index contributed by atoms with van der Waals surface area (Å²) in [4.78, 5) is 0. The molecule has 5 heteroatoms. The maximum Gasteiger partial charge on any atom is 0.139 e. The van der Waals surface area contributed by atoms with Crippen LogP contribution in [0.15, 0.2) is 42.5 Å². The van der Waals surface area contributed by atoms with E-state index in [0.29, 0.717) is 10.8 Å². The van der Waals surface area contributed by atoms with Crippen LogP contribution in [0.4, 0.5) is 4.39 Å². The maximum absolute atomic E-state index is 13.0. The normalized spacial score (nSPS) is 13.8. The van der Waals surface area contributed by atoms with Crippen LogP contribution in [-0.2, 0) is 0 Å². The smallest absolute Gasteiger partial charge is 0.139 e. The molecule has 20 heavy (non-hydrogen) atoms. The standard InChI is InChI=1S/C15H14Cl2FNO/c1-9(19)15(10-3-2-4-11(16)7-10)20-14-6-5-12(18)8-13(14)17/h2-9,15H,19H2,1H3. The van der Waals surface area contributed by atoms with E-state index in [1.807, 2.05) is 19.1 Å². The van der Waals surface area contributed by atoms with E-state index in [1.165, 1.54) is 18.2 Å². The van der Waals surface area contributed by atoms with Crippen LogP contribution < -0.4 is 10.5 Å². The maximum atomic E-state index is 13.0. The summed E-state index contributed by atoms with van der Waals surface area (Å²) in [5.74, 6) is -0.0298. The first kappa shape index (κ1) is 15.1. The van der Waals surface area contributed by atoms with Gasteiger partial charge in [0, 0.05) is 11.1 Å². The quantitative estimate of drug-likeness (QED) is 0.895. The lowest BCUT2D eigenvalue weighted by Crippen LogP contribution is -2.29. The van der Waals surface area contributed by atoms with Crippen LogP contribution >= 0.6 is 23.2 Å². The summed E-state index contributed by atoms with van der Waals surface area (Å²) in [6.45, 7) is 1.82. The number of benzene rings is 2. The first-order valence-corrected chi connectivity index (χ1v) is 6.85. The highest BCUT2D eigenvalue weighted by Gasteiger charge is 2.20. The van der Waals surface area contributed by atoms with Crippen molar-refractivity contribution in [2.45, 2.75) is 19.1 Å². The van der Waals surface area contributed by atoms with Crippen LogP contribution in [0.25, 0.3) is 0 Å². The molecule has 0 aliphatic heterocycles. The molecule has 0 aliphatic carbocycles. The molecule has 2 rings (SSSR count). The minimum Gasteiger partial charge on any atom is -0.483 e. The first-order chi connectivity index (χ1) is 9.47. The van der Waals surface area contributed by atoms with Crippen LogP contribution in [0.3, 0.4) is 0 Å². The van der Waals surface area contributed by atoms with Gasteiger partial charge in [-0.25, -0.2) is 4.39 Å². The van der Waals surface area contributed by atoms with Gasteiger partial charge in [-0.15, -0.1) is 0 Å². The molecule has 2 atom stereocenters. The van der Waals surface area contributed by atoms with E-state index in [9.17, 15) is 4.39 Å². The zero-order valence-corrected chi connectivity index (χ0v) is 12.3. The monoisotopic (exact) mass is 313 g/mol. The van der Waals surface area contributed by atoms with Gasteiger partial charge < -0.3 is 10.5 Å². The summed E-state index contributed by atoms with van der Waals surface area (Å²) in [7, 11) is 0. The summed E-state index contributed by atoms with van der Waals surface area (Å²) in [5, 5.41) is 0.805. The summed E-state index contributed by atoms with van der Waals surface area (Å²) in [6.07, 6.45) is -0.420. The third-order valence-corrected chi connectivity index (χ3v) is 3.33. The molecule has 0 saturated carbocycles. The van der Waals surface area contributed by atoms with Crippen molar-refractivity contribution in [3.05, 3.63) is 63.9 Å². The largest absolute Gasteiger partial charge is 0.483 e. The fourth-order valence-corrected chi connectivity index (χ4v) is 2.28. The number of hydrogen-bond acceptors (Lipinski definition) is 2. The van der Waals surface area contributed by atoms with Gasteiger partial charge in [-0.3, -0.25) is 0 Å². The highest BCUT2D eigenvalue weighted by atomic mass is 35.5. The Labute approximate surface area is 127 Å². The first-order valence-electron chi connectivity index (χ1n) is 6.10. The van der Waals surface area contributed by atoms with Crippen molar-refractivity contribution in [1.82, 2.24) is 0 Å². The molecule has 0 aliphatic rings. The number of nitrogens with two attached hydrogens (primary N) is 1. The van der Waals surface area contributed by atoms with Crippen molar-refractivity contribution >= 4 is 23.2 Å². The lowest BCUT2D eigenvalue weighted by molar-refractivity contribution is 0.180. The van der Waals surface area contributed by atoms with Crippen molar-refractivity contribution < 1.29 is 9.13 Å². The van der Waals surface area contributed by atoms with Gasteiger partial charge in [0.1, 0.15) is 17.7 Å². The summed E-state index contributed by atoms with van der Waals surface area (Å²) < 4.78 is 18.9. The van der Waals surface area contributed by atoms with Crippen LogP contribution in [0, 0.1) is 5.82 Å². The molecule has 0 saturated heterocycles. The van der Waals surface area contributed by atoms with Crippen LogP contribution in [0.5, 0.6) is 5.75 Å². The molecule has 106 valence electrons. The molecule has 0 heterocycles. The number of ether oxygens (including phenoxy) is 1. The van der Waals surface area contributed by atoms with E-state index >= 15 is 0 Å². The minimum absolute atomic E-state index is 0.206. The molecular formula is C15H14Cl2FNO. The zero-order valence-electron chi connectivity index (χ0n) is 10.8. The molecule has 0 radical (unpaired) electrons. The second-order valence-electron chi connectivity index (χ2n) is 4.53. The number of halogens is 3. The lowest BCUT2D eigenvalue weighted by atomic mass is 10.0. The fraction of sp³-hybridized carbons (Fsp3) is 0.200. The molecular weight excluding hydrogens is 300 g/mol. The Balaban J connectivity index is 2.30. The Kier molecular flexibility index (Phi) is 4.86. The second kappa shape index (κ2) is 6.44. The van der Waals surface area contributed by atoms with Gasteiger partial charge >= 0.3 is 0 Å². The van der Waals surface area contributed by atoms with Crippen molar-refractivity contribution in [2.24, 2.45) is 5.73 Å². The zero-order chi connectivity index (χ0) is 14.7. The minimum atomic E-state index is -0.420. The van der Waals surface area contributed by atoms with E-state index in [0.717, 1.165) is 5.56 Å². The molecule has 0 spiro atoms. The Morgan fingerprint density at radius 2 is 1.90 bits per heavy atom. The number of rotatable bonds is 4. The number of hydrogen-bond donors (Lipinski definition) is 1. The van der Waals surface area contributed by atoms with Gasteiger partial charge in [0.05, 0.1) is 5.02 Å². The molecule has 2 nitrogen and oxygen atoms in total. The van der Waals surface area contributed by atoms with E-state index < -0.39 is 11.9 Å². The predicted octanol–water partition coefficient (Wildman–Crippen LogP) is 4.60. The average Bonchev–Trinajstić information content (AvgIpc) is 2.37. The van der Waals surface area contributed by atoms with Gasteiger partial charge in [0.15, 0.2) is 0 Å². The van der Waals surface area contributed by atoms with Gasteiger partial charge in [-0.05, 0) is 42.8 Å². The van der Waals surface area contributed by atoms with E-state index in [-0.39, 0.29) is 11.1 Å². The highest BCUT2D eigenvalue weighted by molar-refractivity contribution is 6.32. The van der Waals surface area contributed by atoms with Crippen molar-refractivity contribution in [2.75, 3.05) is 0 Å². The molecule has 0 bridgehead atoms. The van der Waals surface area contributed by atoms with Crippen LogP contribution in [-0.4, -0.2) is 6.04 Å². The van der Waals surface area contributed by atoms with Crippen molar-refractivity contribution in [3.8, 4) is 5.75 Å². The van der Waals surface area contributed by atoms with Crippen LogP contribution in [0.2, 0.25) is 10.0 Å². The van der Waals surface area contributed by atoms with Gasteiger partial charge in [0.25, 0.3) is 0 Å². The Morgan fingerprint density at radius 1 is 1.15 bits per heavy atom. The van der Waals surface area contributed by atoms with Crippen molar-refractivity contribution in [1.29, 1.82) is 0 Å². The van der Waals surface area contributed by atoms with E-state index in [2.05, 4.69) is 0 Å². The third-order valence-electron chi connectivity index (χ3n) is 2.80. The Hall–Kier alpha value is -1.29. The molecule has 2 N–H and O–H groups in total. The van der Waals surface area contributed by atoms with Crippen molar-refractivity contribution in [3.63, 3.8) is 0 Å². The SMILES string of the molecule is CC(N)C(Oc1ccc(F)cc1Cl)c1cccc(Cl)c1. The molecule has 0 aromatic heterocycles. The van der Waals surface area contributed by atoms with Gasteiger partial charge in [-0.1, -0.05) is 35.3 Å². The predicted molar refractivity (Wildman–Crippen MR) is 79.9 cm³/mol. The Morgan fingerprint density at radius 3 is 2.50 bits per heavy atom. The summed E-state index contributed by atoms with van der Waals surface area (Å²) >= 11 is 11.9. The molecule has 2 unspecified atom stereocenters. The second-order valence-corrected chi connectivity index (χ2v) is 5.37. The van der Waals surface area contributed by atoms with Gasteiger partial charge in [-0.2, -0.15) is 0 Å². The highest BCUT2D eigenvalue weighted by Crippen LogP contribution is 2.31. The molecule has 2 aromatic rings. The van der Waals surface area contributed by atoms with Crippen LogP contribution in [0.1, 0.15) is 18.6 Å². The van der Waals surface area contributed by atoms with Gasteiger partial charge in [0.2, 0.25) is 0 Å². The summed E-state index contributed by atoms with van der Waals surface area (Å²) in [6, 6.07) is 10.9.